The first-order valence-corrected chi connectivity index (χ1v) is 3.66. The maximum atomic E-state index is 10.6. The van der Waals surface area contributed by atoms with E-state index in [1.54, 1.807) is 6.20 Å². The second kappa shape index (κ2) is 3.01. The zero-order chi connectivity index (χ0) is 8.43. The van der Waals surface area contributed by atoms with Gasteiger partial charge in [0.25, 0.3) is 0 Å². The van der Waals surface area contributed by atoms with Gasteiger partial charge in [-0.1, -0.05) is 0 Å². The van der Waals surface area contributed by atoms with Crippen LogP contribution in [-0.2, 0) is 11.7 Å². The van der Waals surface area contributed by atoms with E-state index in [9.17, 15) is 5.11 Å². The molecule has 0 saturated heterocycles. The summed E-state index contributed by atoms with van der Waals surface area (Å²) in [6, 6.07) is 0. The van der Waals surface area contributed by atoms with Gasteiger partial charge in [-0.2, -0.15) is 0 Å². The van der Waals surface area contributed by atoms with E-state index in [1.165, 1.54) is 5.56 Å². The SMILES string of the molecule is Cc1cnc(C[O])c(C)c1C. The van der Waals surface area contributed by atoms with Gasteiger partial charge in [-0.15, -0.1) is 0 Å². The van der Waals surface area contributed by atoms with Crippen molar-refractivity contribution in [3.8, 4) is 0 Å². The van der Waals surface area contributed by atoms with Crippen molar-refractivity contribution in [1.29, 1.82) is 0 Å². The number of nitrogens with zero attached hydrogens (tertiary/aromatic N) is 1. The molecule has 0 saturated carbocycles. The molecular formula is C9H12NO. The maximum absolute atomic E-state index is 10.6. The van der Waals surface area contributed by atoms with Crippen LogP contribution in [0.2, 0.25) is 0 Å². The van der Waals surface area contributed by atoms with E-state index in [1.807, 2.05) is 20.8 Å². The Balaban J connectivity index is 3.25. The van der Waals surface area contributed by atoms with Crippen molar-refractivity contribution in [3.05, 3.63) is 28.6 Å². The van der Waals surface area contributed by atoms with Crippen LogP contribution >= 0.6 is 0 Å². The molecule has 11 heavy (non-hydrogen) atoms. The Bertz CT molecular complexity index is 269. The molecule has 1 heterocycles. The van der Waals surface area contributed by atoms with Crippen LogP contribution in [-0.4, -0.2) is 4.98 Å². The van der Waals surface area contributed by atoms with Gasteiger partial charge in [-0.25, -0.2) is 5.11 Å². The molecule has 0 aliphatic carbocycles. The number of rotatable bonds is 1. The highest BCUT2D eigenvalue weighted by atomic mass is 16.3. The van der Waals surface area contributed by atoms with Crippen LogP contribution in [0.4, 0.5) is 0 Å². The first-order valence-electron chi connectivity index (χ1n) is 3.66. The molecule has 0 aliphatic heterocycles. The summed E-state index contributed by atoms with van der Waals surface area (Å²) in [7, 11) is 0. The van der Waals surface area contributed by atoms with Gasteiger partial charge in [0, 0.05) is 6.20 Å². The Morgan fingerprint density at radius 3 is 2.45 bits per heavy atom. The van der Waals surface area contributed by atoms with Crippen LogP contribution in [0.25, 0.3) is 0 Å². The van der Waals surface area contributed by atoms with Crippen molar-refractivity contribution in [1.82, 2.24) is 4.98 Å². The molecule has 0 N–H and O–H groups in total. The van der Waals surface area contributed by atoms with Crippen molar-refractivity contribution in [2.24, 2.45) is 0 Å². The topological polar surface area (TPSA) is 32.8 Å². The van der Waals surface area contributed by atoms with E-state index in [0.29, 0.717) is 5.69 Å². The predicted octanol–water partition coefficient (Wildman–Crippen LogP) is 1.94. The molecule has 0 bridgehead atoms. The van der Waals surface area contributed by atoms with Crippen molar-refractivity contribution < 1.29 is 5.11 Å². The molecule has 0 spiro atoms. The van der Waals surface area contributed by atoms with Gasteiger partial charge in [0.2, 0.25) is 0 Å². The average molecular weight is 150 g/mol. The fourth-order valence-corrected chi connectivity index (χ4v) is 1.03. The summed E-state index contributed by atoms with van der Waals surface area (Å²) in [4.78, 5) is 4.04. The lowest BCUT2D eigenvalue weighted by Gasteiger charge is -2.06. The monoisotopic (exact) mass is 150 g/mol. The van der Waals surface area contributed by atoms with Crippen molar-refractivity contribution in [3.63, 3.8) is 0 Å². The minimum atomic E-state index is -0.215. The quantitative estimate of drug-likeness (QED) is 0.602. The lowest BCUT2D eigenvalue weighted by atomic mass is 10.1. The zero-order valence-electron chi connectivity index (χ0n) is 7.14. The fraction of sp³-hybridized carbons (Fsp3) is 0.444. The lowest BCUT2D eigenvalue weighted by Crippen LogP contribution is -1.97. The molecule has 0 aromatic carbocycles. The standard InChI is InChI=1S/C9H12NO/c1-6-4-10-9(5-11)8(3)7(6)2/h4H,5H2,1-3H3. The number of pyridine rings is 1. The van der Waals surface area contributed by atoms with Gasteiger partial charge in [0.05, 0.1) is 5.69 Å². The molecule has 1 aromatic rings. The van der Waals surface area contributed by atoms with Crippen molar-refractivity contribution in [2.75, 3.05) is 0 Å². The summed E-state index contributed by atoms with van der Waals surface area (Å²) in [6.45, 7) is 5.75. The van der Waals surface area contributed by atoms with E-state index in [-0.39, 0.29) is 6.61 Å². The molecule has 0 atom stereocenters. The molecule has 0 fully saturated rings. The minimum absolute atomic E-state index is 0.215. The van der Waals surface area contributed by atoms with E-state index in [2.05, 4.69) is 4.98 Å². The molecule has 0 aliphatic rings. The molecule has 1 aromatic heterocycles. The Morgan fingerprint density at radius 1 is 1.27 bits per heavy atom. The predicted molar refractivity (Wildman–Crippen MR) is 42.8 cm³/mol. The second-order valence-electron chi connectivity index (χ2n) is 2.78. The third-order valence-corrected chi connectivity index (χ3v) is 2.14. The molecule has 59 valence electrons. The van der Waals surface area contributed by atoms with Crippen LogP contribution < -0.4 is 0 Å². The summed E-state index contributed by atoms with van der Waals surface area (Å²) in [6.07, 6.45) is 1.76. The van der Waals surface area contributed by atoms with E-state index < -0.39 is 0 Å². The van der Waals surface area contributed by atoms with Crippen LogP contribution in [0.5, 0.6) is 0 Å². The Hall–Kier alpha value is -0.890. The van der Waals surface area contributed by atoms with Gasteiger partial charge in [-0.3, -0.25) is 4.98 Å². The van der Waals surface area contributed by atoms with Crippen molar-refractivity contribution in [2.45, 2.75) is 27.4 Å². The lowest BCUT2D eigenvalue weighted by molar-refractivity contribution is 0.173. The average Bonchev–Trinajstić information content (AvgIpc) is 2.01. The summed E-state index contributed by atoms with van der Waals surface area (Å²) in [5.74, 6) is 0. The van der Waals surface area contributed by atoms with Gasteiger partial charge < -0.3 is 0 Å². The third kappa shape index (κ3) is 1.40. The first-order chi connectivity index (χ1) is 5.16. The largest absolute Gasteiger partial charge is 0.258 e. The minimum Gasteiger partial charge on any atom is -0.258 e. The van der Waals surface area contributed by atoms with Crippen LogP contribution in [0.1, 0.15) is 22.4 Å². The van der Waals surface area contributed by atoms with Gasteiger partial charge in [0.1, 0.15) is 6.61 Å². The van der Waals surface area contributed by atoms with Crippen molar-refractivity contribution >= 4 is 0 Å². The molecule has 2 heteroatoms. The zero-order valence-corrected chi connectivity index (χ0v) is 7.14. The molecule has 2 nitrogen and oxygen atoms in total. The summed E-state index contributed by atoms with van der Waals surface area (Å²) < 4.78 is 0. The normalized spacial score (nSPS) is 10.2. The van der Waals surface area contributed by atoms with Gasteiger partial charge >= 0.3 is 0 Å². The maximum Gasteiger partial charge on any atom is 0.125 e. The number of aryl methyl sites for hydroxylation is 1. The van der Waals surface area contributed by atoms with E-state index in [4.69, 9.17) is 0 Å². The van der Waals surface area contributed by atoms with Gasteiger partial charge in [-0.05, 0) is 37.5 Å². The third-order valence-electron chi connectivity index (χ3n) is 2.14. The Kier molecular flexibility index (Phi) is 2.25. The van der Waals surface area contributed by atoms with Crippen LogP contribution in [0, 0.1) is 20.8 Å². The second-order valence-corrected chi connectivity index (χ2v) is 2.78. The summed E-state index contributed by atoms with van der Waals surface area (Å²) in [5.41, 5.74) is 4.05. The highest BCUT2D eigenvalue weighted by Crippen LogP contribution is 2.13. The smallest absolute Gasteiger partial charge is 0.125 e. The number of hydrogen-bond donors (Lipinski definition) is 0. The van der Waals surface area contributed by atoms with E-state index in [0.717, 1.165) is 11.1 Å². The Labute approximate surface area is 66.9 Å². The van der Waals surface area contributed by atoms with Crippen LogP contribution in [0.3, 0.4) is 0 Å². The summed E-state index contributed by atoms with van der Waals surface area (Å²) in [5, 5.41) is 10.6. The van der Waals surface area contributed by atoms with Crippen LogP contribution in [0.15, 0.2) is 6.20 Å². The van der Waals surface area contributed by atoms with Gasteiger partial charge in [0.15, 0.2) is 0 Å². The molecule has 1 rings (SSSR count). The fourth-order valence-electron chi connectivity index (χ4n) is 1.03. The molecule has 1 radical (unpaired) electrons. The number of aromatic nitrogens is 1. The molecule has 0 amide bonds. The highest BCUT2D eigenvalue weighted by Gasteiger charge is 2.03. The molecule has 0 unspecified atom stereocenters. The highest BCUT2D eigenvalue weighted by molar-refractivity contribution is 5.33. The number of hydrogen-bond acceptors (Lipinski definition) is 1. The Morgan fingerprint density at radius 2 is 1.91 bits per heavy atom. The first kappa shape index (κ1) is 8.21. The molecular weight excluding hydrogens is 138 g/mol. The van der Waals surface area contributed by atoms with E-state index >= 15 is 0 Å². The summed E-state index contributed by atoms with van der Waals surface area (Å²) >= 11 is 0.